The Labute approximate surface area is 387 Å². The lowest BCUT2D eigenvalue weighted by Crippen LogP contribution is -2.22. The SMILES string of the molecule is COC(=O)C1=C(C(=O)OC)P2(=N/[N+]1=N\P1Oc3c(cc(C)cc3C(C)(C)C)Cc3cc(C)cc(C(C)(C)C)c3O1)Oc1c(cc(C)cc1C(C)(C)C)Cc1cc(C)cc(C(C)(C)C)c1O2. The Morgan fingerprint density at radius 1 is 0.554 bits per heavy atom. The first kappa shape index (κ1) is 48.0. The lowest BCUT2D eigenvalue weighted by Gasteiger charge is -2.33. The molecule has 7 rings (SSSR count). The molecule has 0 N–H and O–H groups in total. The van der Waals surface area contributed by atoms with Crippen molar-refractivity contribution in [3.63, 3.8) is 0 Å². The van der Waals surface area contributed by atoms with Crippen LogP contribution in [0.5, 0.6) is 23.0 Å². The van der Waals surface area contributed by atoms with Crippen LogP contribution in [0, 0.1) is 27.7 Å². The zero-order valence-electron chi connectivity index (χ0n) is 41.5. The van der Waals surface area contributed by atoms with Gasteiger partial charge in [-0.15, -0.1) is 0 Å². The number of hydrogen-bond acceptors (Lipinski definition) is 9. The van der Waals surface area contributed by atoms with E-state index < -0.39 is 38.8 Å². The highest BCUT2D eigenvalue weighted by Crippen LogP contribution is 2.67. The van der Waals surface area contributed by atoms with Gasteiger partial charge in [-0.1, -0.05) is 154 Å². The second kappa shape index (κ2) is 16.7. The molecule has 0 radical (unpaired) electrons. The lowest BCUT2D eigenvalue weighted by molar-refractivity contribution is -0.535. The Bertz CT molecular complexity index is 2630. The van der Waals surface area contributed by atoms with E-state index in [9.17, 15) is 9.59 Å². The van der Waals surface area contributed by atoms with Crippen molar-refractivity contribution in [3.05, 3.63) is 126 Å². The van der Waals surface area contributed by atoms with Gasteiger partial charge in [0.05, 0.1) is 19.0 Å². The summed E-state index contributed by atoms with van der Waals surface area (Å²) in [6.45, 7) is 33.8. The van der Waals surface area contributed by atoms with E-state index in [1.165, 1.54) is 14.2 Å². The number of ether oxygens (including phenoxy) is 2. The Kier molecular flexibility index (Phi) is 12.3. The van der Waals surface area contributed by atoms with Crippen molar-refractivity contribution in [2.24, 2.45) is 9.74 Å². The summed E-state index contributed by atoms with van der Waals surface area (Å²) in [6, 6.07) is 17.0. The standard InChI is InChI=1S/C52H66N3O8P2/c1-29-19-33-27-34-20-30(2)24-38(50(8,9)10)43(34)61-64(60-42(33)37(23-29)49(5,6)7)53-55-41(47(56)58-17)46(48(57)59-18)65(54-55)62-44-35(21-31(3)25-39(44)51(11,12)13)28-36-22-32(4)26-40(45(36)63-65)52(14,15)16/h19-26H,27-28H2,1-18H3/q+1/b55-53-. The second-order valence-electron chi connectivity index (χ2n) is 21.8. The van der Waals surface area contributed by atoms with Gasteiger partial charge in [-0.3, -0.25) is 0 Å². The van der Waals surface area contributed by atoms with E-state index in [4.69, 9.17) is 37.3 Å². The summed E-state index contributed by atoms with van der Waals surface area (Å²) in [7, 11) is -4.09. The minimum absolute atomic E-state index is 0.241. The summed E-state index contributed by atoms with van der Waals surface area (Å²) in [6.07, 6.45) is 1.03. The number of hydrogen-bond donors (Lipinski definition) is 0. The molecular formula is C52H66N3O8P2+. The zero-order valence-corrected chi connectivity index (χ0v) is 43.3. The smallest absolute Gasteiger partial charge is 0.465 e. The Hall–Kier alpha value is -4.98. The molecule has 3 aliphatic rings. The summed E-state index contributed by atoms with van der Waals surface area (Å²) in [5.74, 6) is 0.527. The first-order chi connectivity index (χ1) is 30.0. The average Bonchev–Trinajstić information content (AvgIpc) is 3.47. The van der Waals surface area contributed by atoms with E-state index in [1.54, 1.807) is 0 Å². The van der Waals surface area contributed by atoms with Crippen molar-refractivity contribution >= 4 is 28.0 Å². The van der Waals surface area contributed by atoms with Crippen molar-refractivity contribution in [2.45, 2.75) is 145 Å². The molecule has 0 unspecified atom stereocenters. The van der Waals surface area contributed by atoms with Crippen molar-refractivity contribution in [1.82, 2.24) is 0 Å². The highest BCUT2D eigenvalue weighted by atomic mass is 31.2. The maximum Gasteiger partial charge on any atom is 0.503 e. The molecule has 11 nitrogen and oxygen atoms in total. The molecule has 13 heteroatoms. The summed E-state index contributed by atoms with van der Waals surface area (Å²) in [5.41, 5.74) is 9.90. The van der Waals surface area contributed by atoms with Gasteiger partial charge in [-0.05, 0) is 71.6 Å². The first-order valence-corrected chi connectivity index (χ1v) is 24.9. The maximum atomic E-state index is 14.6. The van der Waals surface area contributed by atoms with E-state index in [-0.39, 0.29) is 21.8 Å². The Balaban J connectivity index is 1.62. The first-order valence-electron chi connectivity index (χ1n) is 22.2. The summed E-state index contributed by atoms with van der Waals surface area (Å²) >= 11 is 0. The molecule has 1 spiro atoms. The molecule has 3 aliphatic heterocycles. The molecule has 65 heavy (non-hydrogen) atoms. The molecule has 0 atom stereocenters. The fourth-order valence-corrected chi connectivity index (χ4v) is 12.4. The summed E-state index contributed by atoms with van der Waals surface area (Å²) < 4.78 is 39.8. The molecule has 346 valence electrons. The fourth-order valence-electron chi connectivity index (χ4n) is 8.74. The summed E-state index contributed by atoms with van der Waals surface area (Å²) in [4.78, 5) is 40.5. The molecule has 3 heterocycles. The van der Waals surface area contributed by atoms with E-state index >= 15 is 0 Å². The number of nitrogens with zero attached hydrogens (tertiary/aromatic N) is 3. The molecule has 0 bridgehead atoms. The van der Waals surface area contributed by atoms with Crippen LogP contribution in [0.1, 0.15) is 150 Å². The van der Waals surface area contributed by atoms with E-state index in [0.29, 0.717) is 35.8 Å². The molecular weight excluding hydrogens is 857 g/mol. The Morgan fingerprint density at radius 2 is 0.877 bits per heavy atom. The Morgan fingerprint density at radius 3 is 1.20 bits per heavy atom. The van der Waals surface area contributed by atoms with Gasteiger partial charge in [0, 0.05) is 35.1 Å². The highest BCUT2D eigenvalue weighted by molar-refractivity contribution is 7.63. The monoisotopic (exact) mass is 922 g/mol. The topological polar surface area (TPSA) is 117 Å². The number of carbonyl (C=O) groups is 2. The van der Waals surface area contributed by atoms with Crippen LogP contribution in [-0.4, -0.2) is 31.0 Å². The van der Waals surface area contributed by atoms with Crippen LogP contribution in [0.15, 0.2) is 69.3 Å². The minimum atomic E-state index is -4.21. The van der Waals surface area contributed by atoms with Gasteiger partial charge >= 0.3 is 33.7 Å². The summed E-state index contributed by atoms with van der Waals surface area (Å²) in [5, 5.41) is -0.241. The average molecular weight is 923 g/mol. The van der Waals surface area contributed by atoms with Crippen molar-refractivity contribution in [1.29, 1.82) is 0 Å². The van der Waals surface area contributed by atoms with Gasteiger partial charge in [0.25, 0.3) is 0 Å². The number of benzene rings is 4. The predicted molar refractivity (Wildman–Crippen MR) is 258 cm³/mol. The van der Waals surface area contributed by atoms with Crippen LogP contribution in [0.2, 0.25) is 0 Å². The van der Waals surface area contributed by atoms with Gasteiger partial charge in [-0.25, -0.2) is 9.59 Å². The molecule has 0 saturated carbocycles. The minimum Gasteiger partial charge on any atom is -0.465 e. The lowest BCUT2D eigenvalue weighted by atomic mass is 9.81. The molecule has 4 aromatic rings. The largest absolute Gasteiger partial charge is 0.503 e. The third-order valence-electron chi connectivity index (χ3n) is 11.8. The van der Waals surface area contributed by atoms with Gasteiger partial charge in [-0.2, -0.15) is 0 Å². The second-order valence-corrected chi connectivity index (χ2v) is 24.9. The molecule has 0 aromatic heterocycles. The van der Waals surface area contributed by atoms with Gasteiger partial charge in [0.15, 0.2) is 0 Å². The molecule has 0 amide bonds. The molecule has 0 fully saturated rings. The number of esters is 2. The molecule has 0 aliphatic carbocycles. The third kappa shape index (κ3) is 9.25. The van der Waals surface area contributed by atoms with Crippen LogP contribution in [-0.2, 0) is 53.6 Å². The number of fused-ring (bicyclic) bond motifs is 4. The quantitative estimate of drug-likeness (QED) is 0.113. The van der Waals surface area contributed by atoms with Gasteiger partial charge in [0.2, 0.25) is 5.31 Å². The highest BCUT2D eigenvalue weighted by Gasteiger charge is 2.59. The maximum absolute atomic E-state index is 14.6. The molecule has 0 saturated heterocycles. The van der Waals surface area contributed by atoms with Crippen LogP contribution in [0.3, 0.4) is 0 Å². The number of rotatable bonds is 3. The van der Waals surface area contributed by atoms with E-state index in [1.807, 2.05) is 0 Å². The molecule has 4 aromatic carbocycles. The normalized spacial score (nSPS) is 16.8. The predicted octanol–water partition coefficient (Wildman–Crippen LogP) is 13.7. The van der Waals surface area contributed by atoms with Gasteiger partial charge in [0.1, 0.15) is 32.7 Å². The van der Waals surface area contributed by atoms with Crippen LogP contribution >= 0.6 is 16.0 Å². The number of carbonyl (C=O) groups excluding carboxylic acids is 2. The zero-order chi connectivity index (χ0) is 47.9. The van der Waals surface area contributed by atoms with E-state index in [2.05, 4.69) is 159 Å². The fraction of sp³-hybridized carbons (Fsp3) is 0.462. The number of aryl methyl sites for hydroxylation is 4. The number of methoxy groups -OCH3 is 2. The van der Waals surface area contributed by atoms with Crippen molar-refractivity contribution < 1.29 is 42.0 Å². The van der Waals surface area contributed by atoms with E-state index in [0.717, 1.165) is 71.6 Å². The van der Waals surface area contributed by atoms with Crippen molar-refractivity contribution in [3.8, 4) is 23.0 Å². The van der Waals surface area contributed by atoms with Crippen LogP contribution in [0.25, 0.3) is 0 Å². The van der Waals surface area contributed by atoms with Gasteiger partial charge < -0.3 is 27.6 Å². The van der Waals surface area contributed by atoms with Crippen molar-refractivity contribution in [2.75, 3.05) is 14.2 Å². The third-order valence-corrected chi connectivity index (χ3v) is 15.0. The van der Waals surface area contributed by atoms with Crippen LogP contribution in [0.4, 0.5) is 0 Å². The van der Waals surface area contributed by atoms with Crippen LogP contribution < -0.4 is 18.1 Å².